The standard InChI is InChI=1S/C12H26O.C4H10O.C3H8O3/c1-2-3-4-5-6-7-8-9-10-11-12-13;1-3-5-4-2;4-1-3(6)2-5/h13H,2-12H2,1H3;3-4H2,1-2H3;3-6H,1-2H2. The SMILES string of the molecule is CCCCCCCCCCCCO.CCOCC.OCC(O)CO. The zero-order valence-electron chi connectivity index (χ0n) is 16.4. The first-order valence-electron chi connectivity index (χ1n) is 9.72. The summed E-state index contributed by atoms with van der Waals surface area (Å²) in [5.41, 5.74) is 0. The Hall–Kier alpha value is -0.200. The fourth-order valence-corrected chi connectivity index (χ4v) is 1.86. The van der Waals surface area contributed by atoms with Crippen LogP contribution in [0.15, 0.2) is 0 Å². The van der Waals surface area contributed by atoms with Crippen LogP contribution in [-0.2, 0) is 4.74 Å². The van der Waals surface area contributed by atoms with E-state index in [-0.39, 0.29) is 13.2 Å². The summed E-state index contributed by atoms with van der Waals surface area (Å²) in [6, 6.07) is 0. The summed E-state index contributed by atoms with van der Waals surface area (Å²) in [7, 11) is 0. The highest BCUT2D eigenvalue weighted by atomic mass is 16.5. The second kappa shape index (κ2) is 30.7. The van der Waals surface area contributed by atoms with E-state index in [0.29, 0.717) is 6.61 Å². The molecule has 4 N–H and O–H groups in total. The lowest BCUT2D eigenvalue weighted by Crippen LogP contribution is -2.15. The van der Waals surface area contributed by atoms with Crippen molar-refractivity contribution >= 4 is 0 Å². The summed E-state index contributed by atoms with van der Waals surface area (Å²) in [5, 5.41) is 32.6. The van der Waals surface area contributed by atoms with Gasteiger partial charge in [0.1, 0.15) is 6.10 Å². The van der Waals surface area contributed by atoms with Gasteiger partial charge in [0.25, 0.3) is 0 Å². The number of rotatable bonds is 14. The van der Waals surface area contributed by atoms with Crippen molar-refractivity contribution in [3.8, 4) is 0 Å². The second-order valence-electron chi connectivity index (χ2n) is 5.71. The Morgan fingerprint density at radius 3 is 1.21 bits per heavy atom. The quantitative estimate of drug-likeness (QED) is 0.360. The average molecular weight is 353 g/mol. The van der Waals surface area contributed by atoms with Gasteiger partial charge in [-0.2, -0.15) is 0 Å². The number of aliphatic hydroxyl groups excluding tert-OH is 4. The summed E-state index contributed by atoms with van der Waals surface area (Å²) in [4.78, 5) is 0. The molecular weight excluding hydrogens is 308 g/mol. The fraction of sp³-hybridized carbons (Fsp3) is 1.00. The summed E-state index contributed by atoms with van der Waals surface area (Å²) < 4.78 is 4.83. The predicted octanol–water partition coefficient (Wildman–Crippen LogP) is 3.27. The van der Waals surface area contributed by atoms with Crippen molar-refractivity contribution in [3.63, 3.8) is 0 Å². The van der Waals surface area contributed by atoms with Gasteiger partial charge in [0, 0.05) is 19.8 Å². The molecular formula is C19H44O5. The normalized spacial score (nSPS) is 10.0. The van der Waals surface area contributed by atoms with E-state index in [2.05, 4.69) is 6.92 Å². The first kappa shape index (κ1) is 28.6. The van der Waals surface area contributed by atoms with Crippen LogP contribution in [-0.4, -0.2) is 59.6 Å². The van der Waals surface area contributed by atoms with Gasteiger partial charge in [0.15, 0.2) is 0 Å². The van der Waals surface area contributed by atoms with E-state index >= 15 is 0 Å². The maximum atomic E-state index is 8.57. The zero-order chi connectivity index (χ0) is 18.9. The van der Waals surface area contributed by atoms with E-state index in [4.69, 9.17) is 25.2 Å². The van der Waals surface area contributed by atoms with Crippen molar-refractivity contribution < 1.29 is 25.2 Å². The van der Waals surface area contributed by atoms with E-state index in [1.807, 2.05) is 13.8 Å². The van der Waals surface area contributed by atoms with Crippen molar-refractivity contribution in [2.45, 2.75) is 91.1 Å². The molecule has 0 aromatic heterocycles. The Bertz CT molecular complexity index is 163. The minimum absolute atomic E-state index is 0.365. The molecule has 0 unspecified atom stereocenters. The van der Waals surface area contributed by atoms with Crippen LogP contribution in [0.3, 0.4) is 0 Å². The molecule has 0 bridgehead atoms. The molecule has 0 aliphatic carbocycles. The third-order valence-corrected chi connectivity index (χ3v) is 3.34. The molecule has 0 heterocycles. The van der Waals surface area contributed by atoms with Crippen LogP contribution in [0.2, 0.25) is 0 Å². The summed E-state index contributed by atoms with van der Waals surface area (Å²) >= 11 is 0. The molecule has 24 heavy (non-hydrogen) atoms. The molecule has 0 amide bonds. The van der Waals surface area contributed by atoms with Crippen LogP contribution in [0.25, 0.3) is 0 Å². The summed E-state index contributed by atoms with van der Waals surface area (Å²) in [5.74, 6) is 0. The van der Waals surface area contributed by atoms with Gasteiger partial charge in [-0.3, -0.25) is 0 Å². The van der Waals surface area contributed by atoms with Gasteiger partial charge in [0.2, 0.25) is 0 Å². The van der Waals surface area contributed by atoms with Crippen LogP contribution in [0.5, 0.6) is 0 Å². The Labute approximate surface area is 150 Å². The van der Waals surface area contributed by atoms with Gasteiger partial charge < -0.3 is 25.2 Å². The molecule has 5 heteroatoms. The van der Waals surface area contributed by atoms with Crippen molar-refractivity contribution in [2.75, 3.05) is 33.0 Å². The Balaban J connectivity index is -0.000000332. The molecule has 0 spiro atoms. The van der Waals surface area contributed by atoms with E-state index in [0.717, 1.165) is 19.6 Å². The van der Waals surface area contributed by atoms with Gasteiger partial charge in [-0.1, -0.05) is 64.7 Å². The molecule has 0 aromatic rings. The molecule has 0 atom stereocenters. The smallest absolute Gasteiger partial charge is 0.100 e. The molecule has 0 aromatic carbocycles. The molecule has 0 radical (unpaired) electrons. The minimum atomic E-state index is -0.954. The van der Waals surface area contributed by atoms with Crippen LogP contribution < -0.4 is 0 Å². The van der Waals surface area contributed by atoms with Crippen LogP contribution >= 0.6 is 0 Å². The third kappa shape index (κ3) is 37.8. The fourth-order valence-electron chi connectivity index (χ4n) is 1.86. The van der Waals surface area contributed by atoms with E-state index in [1.165, 1.54) is 57.8 Å². The van der Waals surface area contributed by atoms with Crippen LogP contribution in [0, 0.1) is 0 Å². The maximum Gasteiger partial charge on any atom is 0.100 e. The number of hydrogen-bond donors (Lipinski definition) is 4. The highest BCUT2D eigenvalue weighted by Crippen LogP contribution is 2.09. The number of unbranched alkanes of at least 4 members (excludes halogenated alkanes) is 9. The molecule has 0 saturated carbocycles. The minimum Gasteiger partial charge on any atom is -0.396 e. The lowest BCUT2D eigenvalue weighted by atomic mass is 10.1. The molecule has 0 fully saturated rings. The first-order chi connectivity index (χ1) is 11.6. The van der Waals surface area contributed by atoms with Crippen LogP contribution in [0.4, 0.5) is 0 Å². The zero-order valence-corrected chi connectivity index (χ0v) is 16.4. The number of aliphatic hydroxyl groups is 4. The Morgan fingerprint density at radius 2 is 1.00 bits per heavy atom. The maximum absolute atomic E-state index is 8.57. The largest absolute Gasteiger partial charge is 0.396 e. The lowest BCUT2D eigenvalue weighted by molar-refractivity contribution is 0.0450. The second-order valence-corrected chi connectivity index (χ2v) is 5.71. The number of hydrogen-bond acceptors (Lipinski definition) is 5. The molecule has 150 valence electrons. The lowest BCUT2D eigenvalue weighted by Gasteiger charge is -2.00. The highest BCUT2D eigenvalue weighted by molar-refractivity contribution is 4.46. The summed E-state index contributed by atoms with van der Waals surface area (Å²) in [6.45, 7) is 7.57. The summed E-state index contributed by atoms with van der Waals surface area (Å²) in [6.07, 6.45) is 12.3. The van der Waals surface area contributed by atoms with E-state index < -0.39 is 6.10 Å². The van der Waals surface area contributed by atoms with Crippen molar-refractivity contribution in [1.29, 1.82) is 0 Å². The van der Waals surface area contributed by atoms with E-state index in [9.17, 15) is 0 Å². The van der Waals surface area contributed by atoms with Gasteiger partial charge in [-0.05, 0) is 20.3 Å². The van der Waals surface area contributed by atoms with Crippen LogP contribution in [0.1, 0.15) is 85.0 Å². The monoisotopic (exact) mass is 352 g/mol. The number of ether oxygens (including phenoxy) is 1. The predicted molar refractivity (Wildman–Crippen MR) is 101 cm³/mol. The Kier molecular flexibility index (Phi) is 36.5. The Morgan fingerprint density at radius 1 is 0.625 bits per heavy atom. The van der Waals surface area contributed by atoms with Crippen molar-refractivity contribution in [2.24, 2.45) is 0 Å². The molecule has 0 aliphatic heterocycles. The first-order valence-corrected chi connectivity index (χ1v) is 9.72. The topological polar surface area (TPSA) is 90.2 Å². The van der Waals surface area contributed by atoms with E-state index in [1.54, 1.807) is 0 Å². The molecule has 5 nitrogen and oxygen atoms in total. The van der Waals surface area contributed by atoms with Gasteiger partial charge in [0.05, 0.1) is 13.2 Å². The average Bonchev–Trinajstić information content (AvgIpc) is 2.61. The van der Waals surface area contributed by atoms with Gasteiger partial charge in [-0.15, -0.1) is 0 Å². The highest BCUT2D eigenvalue weighted by Gasteiger charge is 1.94. The van der Waals surface area contributed by atoms with Crippen molar-refractivity contribution in [3.05, 3.63) is 0 Å². The molecule has 0 rings (SSSR count). The third-order valence-electron chi connectivity index (χ3n) is 3.34. The molecule has 0 aliphatic rings. The molecule has 0 saturated heterocycles. The van der Waals surface area contributed by atoms with Gasteiger partial charge >= 0.3 is 0 Å². The van der Waals surface area contributed by atoms with Gasteiger partial charge in [-0.25, -0.2) is 0 Å². The van der Waals surface area contributed by atoms with Crippen molar-refractivity contribution in [1.82, 2.24) is 0 Å².